The van der Waals surface area contributed by atoms with Crippen LogP contribution in [-0.2, 0) is 27.3 Å². The van der Waals surface area contributed by atoms with E-state index in [4.69, 9.17) is 18.6 Å². The van der Waals surface area contributed by atoms with Crippen molar-refractivity contribution in [2.75, 3.05) is 13.7 Å². The van der Waals surface area contributed by atoms with Crippen LogP contribution in [0.15, 0.2) is 46.9 Å². The van der Waals surface area contributed by atoms with Gasteiger partial charge in [0.15, 0.2) is 6.10 Å². The van der Waals surface area contributed by atoms with E-state index in [1.165, 1.54) is 7.11 Å². The maximum atomic E-state index is 12.0. The Morgan fingerprint density at radius 2 is 1.77 bits per heavy atom. The zero-order valence-corrected chi connectivity index (χ0v) is 18.7. The Hall–Kier alpha value is -3.12. The standard InChI is InChI=1S/C25H29NO5/c1-6-29-23(25(27)28-5)14-21-16(2)12-20(13-17(21)3)30-15-22-18(4)31-24(26-22)19-10-8-7-9-11-19/h7-13,23H,6,14-15H2,1-5H3. The zero-order chi connectivity index (χ0) is 22.4. The van der Waals surface area contributed by atoms with Gasteiger partial charge in [0, 0.05) is 18.6 Å². The molecule has 0 aliphatic rings. The van der Waals surface area contributed by atoms with Crippen LogP contribution in [0.2, 0.25) is 0 Å². The topological polar surface area (TPSA) is 70.8 Å². The van der Waals surface area contributed by atoms with Crippen LogP contribution >= 0.6 is 0 Å². The monoisotopic (exact) mass is 423 g/mol. The molecule has 6 heteroatoms. The Balaban J connectivity index is 1.72. The number of hydrogen-bond acceptors (Lipinski definition) is 6. The maximum Gasteiger partial charge on any atom is 0.335 e. The van der Waals surface area contributed by atoms with Crippen LogP contribution in [-0.4, -0.2) is 30.8 Å². The summed E-state index contributed by atoms with van der Waals surface area (Å²) in [6.45, 7) is 8.51. The molecule has 164 valence electrons. The highest BCUT2D eigenvalue weighted by Crippen LogP contribution is 2.26. The molecule has 0 bridgehead atoms. The molecule has 0 N–H and O–H groups in total. The highest BCUT2D eigenvalue weighted by atomic mass is 16.6. The summed E-state index contributed by atoms with van der Waals surface area (Å²) in [7, 11) is 1.38. The van der Waals surface area contributed by atoms with E-state index in [2.05, 4.69) is 4.98 Å². The summed E-state index contributed by atoms with van der Waals surface area (Å²) in [5.41, 5.74) is 4.82. The average molecular weight is 424 g/mol. The number of esters is 1. The van der Waals surface area contributed by atoms with E-state index in [-0.39, 0.29) is 5.97 Å². The van der Waals surface area contributed by atoms with E-state index in [1.807, 2.05) is 70.2 Å². The number of methoxy groups -OCH3 is 1. The largest absolute Gasteiger partial charge is 0.487 e. The maximum absolute atomic E-state index is 12.0. The summed E-state index contributed by atoms with van der Waals surface area (Å²) in [5, 5.41) is 0. The van der Waals surface area contributed by atoms with Gasteiger partial charge < -0.3 is 18.6 Å². The first-order valence-corrected chi connectivity index (χ1v) is 10.4. The van der Waals surface area contributed by atoms with E-state index in [0.29, 0.717) is 25.5 Å². The summed E-state index contributed by atoms with van der Waals surface area (Å²) in [4.78, 5) is 16.6. The van der Waals surface area contributed by atoms with Gasteiger partial charge in [0.05, 0.1) is 7.11 Å². The molecule has 6 nitrogen and oxygen atoms in total. The predicted molar refractivity (Wildman–Crippen MR) is 118 cm³/mol. The second kappa shape index (κ2) is 10.3. The van der Waals surface area contributed by atoms with Crippen molar-refractivity contribution >= 4 is 5.97 Å². The minimum Gasteiger partial charge on any atom is -0.487 e. The van der Waals surface area contributed by atoms with E-state index in [0.717, 1.165) is 39.5 Å². The van der Waals surface area contributed by atoms with Gasteiger partial charge in [-0.15, -0.1) is 0 Å². The van der Waals surface area contributed by atoms with Crippen LogP contribution in [0.3, 0.4) is 0 Å². The Bertz CT molecular complexity index is 1000. The molecule has 31 heavy (non-hydrogen) atoms. The number of ether oxygens (including phenoxy) is 3. The van der Waals surface area contributed by atoms with Crippen LogP contribution < -0.4 is 4.74 Å². The molecule has 1 heterocycles. The number of aryl methyl sites for hydroxylation is 3. The van der Waals surface area contributed by atoms with Crippen molar-refractivity contribution in [3.8, 4) is 17.2 Å². The highest BCUT2D eigenvalue weighted by Gasteiger charge is 2.22. The molecule has 0 saturated carbocycles. The van der Waals surface area contributed by atoms with E-state index >= 15 is 0 Å². The van der Waals surface area contributed by atoms with Crippen molar-refractivity contribution in [1.29, 1.82) is 0 Å². The average Bonchev–Trinajstić information content (AvgIpc) is 3.14. The van der Waals surface area contributed by atoms with Crippen molar-refractivity contribution in [2.45, 2.75) is 46.8 Å². The molecule has 0 saturated heterocycles. The molecule has 0 fully saturated rings. The predicted octanol–water partition coefficient (Wildman–Crippen LogP) is 4.97. The van der Waals surface area contributed by atoms with Crippen LogP contribution in [0.25, 0.3) is 11.5 Å². The minimum absolute atomic E-state index is 0.310. The van der Waals surface area contributed by atoms with Gasteiger partial charge in [0.2, 0.25) is 5.89 Å². The molecular weight excluding hydrogens is 394 g/mol. The van der Waals surface area contributed by atoms with Crippen molar-refractivity contribution in [2.24, 2.45) is 0 Å². The molecule has 0 amide bonds. The molecule has 0 radical (unpaired) electrons. The third kappa shape index (κ3) is 5.52. The Morgan fingerprint density at radius 1 is 1.10 bits per heavy atom. The molecule has 3 aromatic rings. The summed E-state index contributed by atoms with van der Waals surface area (Å²) in [6.07, 6.45) is -0.158. The fourth-order valence-electron chi connectivity index (χ4n) is 3.51. The molecular formula is C25H29NO5. The van der Waals surface area contributed by atoms with Crippen LogP contribution in [0, 0.1) is 20.8 Å². The lowest BCUT2D eigenvalue weighted by Crippen LogP contribution is -2.28. The summed E-state index contributed by atoms with van der Waals surface area (Å²) in [5.74, 6) is 1.70. The van der Waals surface area contributed by atoms with Gasteiger partial charge in [0.25, 0.3) is 0 Å². The third-order valence-electron chi connectivity index (χ3n) is 5.18. The summed E-state index contributed by atoms with van der Waals surface area (Å²) >= 11 is 0. The molecule has 0 aliphatic heterocycles. The molecule has 1 aromatic heterocycles. The number of carbonyl (C=O) groups is 1. The van der Waals surface area contributed by atoms with Crippen molar-refractivity contribution < 1.29 is 23.4 Å². The van der Waals surface area contributed by atoms with E-state index in [1.54, 1.807) is 0 Å². The number of hydrogen-bond donors (Lipinski definition) is 0. The first-order chi connectivity index (χ1) is 14.9. The van der Waals surface area contributed by atoms with Crippen LogP contribution in [0.1, 0.15) is 35.1 Å². The smallest absolute Gasteiger partial charge is 0.335 e. The number of aromatic nitrogens is 1. The Labute approximate surface area is 183 Å². The lowest BCUT2D eigenvalue weighted by molar-refractivity contribution is -0.153. The molecule has 1 unspecified atom stereocenters. The van der Waals surface area contributed by atoms with Crippen LogP contribution in [0.4, 0.5) is 0 Å². The molecule has 3 rings (SSSR count). The van der Waals surface area contributed by atoms with Crippen molar-refractivity contribution in [3.63, 3.8) is 0 Å². The first-order valence-electron chi connectivity index (χ1n) is 10.4. The highest BCUT2D eigenvalue weighted by molar-refractivity contribution is 5.75. The van der Waals surface area contributed by atoms with Gasteiger partial charge >= 0.3 is 5.97 Å². The Morgan fingerprint density at radius 3 is 2.39 bits per heavy atom. The van der Waals surface area contributed by atoms with Gasteiger partial charge in [-0.25, -0.2) is 9.78 Å². The zero-order valence-electron chi connectivity index (χ0n) is 18.7. The fourth-order valence-corrected chi connectivity index (χ4v) is 3.51. The van der Waals surface area contributed by atoms with Gasteiger partial charge in [-0.3, -0.25) is 0 Å². The van der Waals surface area contributed by atoms with Gasteiger partial charge in [-0.1, -0.05) is 18.2 Å². The molecule has 0 spiro atoms. The van der Waals surface area contributed by atoms with Gasteiger partial charge in [-0.2, -0.15) is 0 Å². The molecule has 1 atom stereocenters. The summed E-state index contributed by atoms with van der Waals surface area (Å²) in [6, 6.07) is 13.7. The Kier molecular flexibility index (Phi) is 7.47. The SMILES string of the molecule is CCOC(Cc1c(C)cc(OCc2nc(-c3ccccc3)oc2C)cc1C)C(=O)OC. The van der Waals surface area contributed by atoms with E-state index in [9.17, 15) is 4.79 Å². The van der Waals surface area contributed by atoms with Gasteiger partial charge in [-0.05, 0) is 68.7 Å². The third-order valence-corrected chi connectivity index (χ3v) is 5.18. The first kappa shape index (κ1) is 22.6. The quantitative estimate of drug-likeness (QED) is 0.453. The normalized spacial score (nSPS) is 11.9. The van der Waals surface area contributed by atoms with Crippen LogP contribution in [0.5, 0.6) is 5.75 Å². The second-order valence-corrected chi connectivity index (χ2v) is 7.38. The number of nitrogens with zero attached hydrogens (tertiary/aromatic N) is 1. The number of rotatable bonds is 9. The number of oxazole rings is 1. The fraction of sp³-hybridized carbons (Fsp3) is 0.360. The molecule has 2 aromatic carbocycles. The van der Waals surface area contributed by atoms with Gasteiger partial charge in [0.1, 0.15) is 23.8 Å². The molecule has 0 aliphatic carbocycles. The van der Waals surface area contributed by atoms with E-state index < -0.39 is 6.10 Å². The summed E-state index contributed by atoms with van der Waals surface area (Å²) < 4.78 is 22.3. The lowest BCUT2D eigenvalue weighted by atomic mass is 9.97. The van der Waals surface area contributed by atoms with Crippen molar-refractivity contribution in [3.05, 3.63) is 70.6 Å². The minimum atomic E-state index is -0.617. The number of carbonyl (C=O) groups excluding carboxylic acids is 1. The number of benzene rings is 2. The van der Waals surface area contributed by atoms with Crippen molar-refractivity contribution in [1.82, 2.24) is 4.98 Å². The second-order valence-electron chi connectivity index (χ2n) is 7.38. The lowest BCUT2D eigenvalue weighted by Gasteiger charge is -2.18.